The average Bonchev–Trinajstić information content (AvgIpc) is 2.26. The molecule has 0 aliphatic carbocycles. The van der Waals surface area contributed by atoms with Gasteiger partial charge in [-0.05, 0) is 50.7 Å². The molecule has 1 fully saturated rings. The highest BCUT2D eigenvalue weighted by atomic mass is 15.2. The Labute approximate surface area is 102 Å². The van der Waals surface area contributed by atoms with Crippen molar-refractivity contribution in [2.75, 3.05) is 26.2 Å². The van der Waals surface area contributed by atoms with Gasteiger partial charge in [-0.2, -0.15) is 0 Å². The first-order chi connectivity index (χ1) is 7.63. The van der Waals surface area contributed by atoms with Crippen LogP contribution in [0.4, 0.5) is 0 Å². The second-order valence-electron chi connectivity index (χ2n) is 5.83. The Hall–Kier alpha value is -0.0800. The molecule has 1 saturated heterocycles. The van der Waals surface area contributed by atoms with E-state index in [2.05, 4.69) is 37.9 Å². The fourth-order valence-electron chi connectivity index (χ4n) is 2.46. The van der Waals surface area contributed by atoms with Crippen LogP contribution in [0.1, 0.15) is 47.0 Å². The van der Waals surface area contributed by atoms with Crippen molar-refractivity contribution in [2.45, 2.75) is 53.0 Å². The van der Waals surface area contributed by atoms with Gasteiger partial charge >= 0.3 is 0 Å². The van der Waals surface area contributed by atoms with Crippen LogP contribution in [0.5, 0.6) is 0 Å². The van der Waals surface area contributed by atoms with Gasteiger partial charge in [0.15, 0.2) is 0 Å². The van der Waals surface area contributed by atoms with Crippen LogP contribution in [0, 0.1) is 11.8 Å². The van der Waals surface area contributed by atoms with E-state index in [1.165, 1.54) is 38.9 Å². The van der Waals surface area contributed by atoms with Crippen LogP contribution in [0.15, 0.2) is 0 Å². The van der Waals surface area contributed by atoms with Crippen molar-refractivity contribution < 1.29 is 0 Å². The smallest absolute Gasteiger partial charge is 0.0218 e. The van der Waals surface area contributed by atoms with Crippen molar-refractivity contribution in [2.24, 2.45) is 11.8 Å². The fourth-order valence-corrected chi connectivity index (χ4v) is 2.46. The molecule has 1 aliphatic rings. The molecule has 1 rings (SSSR count). The summed E-state index contributed by atoms with van der Waals surface area (Å²) in [5.74, 6) is 1.70. The third kappa shape index (κ3) is 4.84. The number of nitrogens with one attached hydrogen (secondary N) is 1. The predicted octanol–water partition coefficient (Wildman–Crippen LogP) is 2.74. The standard InChI is InChI=1S/C14H30N2/c1-5-14(11-15-10-12(2)3)16-8-6-13(4)7-9-16/h12-15H,5-11H2,1-4H3. The maximum Gasteiger partial charge on any atom is 0.0218 e. The second-order valence-corrected chi connectivity index (χ2v) is 5.83. The summed E-state index contributed by atoms with van der Waals surface area (Å²) < 4.78 is 0. The number of rotatable bonds is 6. The summed E-state index contributed by atoms with van der Waals surface area (Å²) in [6, 6.07) is 0.756. The molecular formula is C14H30N2. The fraction of sp³-hybridized carbons (Fsp3) is 1.00. The number of likely N-dealkylation sites (tertiary alicyclic amines) is 1. The van der Waals surface area contributed by atoms with Crippen molar-refractivity contribution in [3.63, 3.8) is 0 Å². The molecule has 1 atom stereocenters. The summed E-state index contributed by atoms with van der Waals surface area (Å²) in [5, 5.41) is 3.60. The zero-order valence-electron chi connectivity index (χ0n) is 11.6. The Kier molecular flexibility index (Phi) is 6.37. The molecule has 1 heterocycles. The Morgan fingerprint density at radius 1 is 1.19 bits per heavy atom. The lowest BCUT2D eigenvalue weighted by Gasteiger charge is -2.36. The van der Waals surface area contributed by atoms with Crippen LogP contribution < -0.4 is 5.32 Å². The van der Waals surface area contributed by atoms with E-state index in [0.717, 1.165) is 24.4 Å². The SMILES string of the molecule is CCC(CNCC(C)C)N1CCC(C)CC1. The van der Waals surface area contributed by atoms with Gasteiger partial charge in [-0.3, -0.25) is 4.90 Å². The Morgan fingerprint density at radius 3 is 2.31 bits per heavy atom. The van der Waals surface area contributed by atoms with Gasteiger partial charge in [0.2, 0.25) is 0 Å². The molecular weight excluding hydrogens is 196 g/mol. The van der Waals surface area contributed by atoms with Crippen LogP contribution in [-0.2, 0) is 0 Å². The molecule has 2 heteroatoms. The molecule has 2 nitrogen and oxygen atoms in total. The Balaban J connectivity index is 2.24. The predicted molar refractivity (Wildman–Crippen MR) is 71.8 cm³/mol. The van der Waals surface area contributed by atoms with Gasteiger partial charge in [0.25, 0.3) is 0 Å². The molecule has 96 valence electrons. The van der Waals surface area contributed by atoms with E-state index >= 15 is 0 Å². The van der Waals surface area contributed by atoms with E-state index in [4.69, 9.17) is 0 Å². The van der Waals surface area contributed by atoms with Gasteiger partial charge in [-0.15, -0.1) is 0 Å². The average molecular weight is 226 g/mol. The van der Waals surface area contributed by atoms with E-state index < -0.39 is 0 Å². The quantitative estimate of drug-likeness (QED) is 0.749. The summed E-state index contributed by atoms with van der Waals surface area (Å²) in [4.78, 5) is 2.69. The minimum absolute atomic E-state index is 0.756. The van der Waals surface area contributed by atoms with E-state index in [0.29, 0.717) is 0 Å². The molecule has 0 radical (unpaired) electrons. The van der Waals surface area contributed by atoms with Crippen molar-refractivity contribution in [3.05, 3.63) is 0 Å². The number of piperidine rings is 1. The maximum absolute atomic E-state index is 3.60. The van der Waals surface area contributed by atoms with Crippen molar-refractivity contribution >= 4 is 0 Å². The molecule has 0 aromatic carbocycles. The first kappa shape index (κ1) is 14.0. The van der Waals surface area contributed by atoms with Gasteiger partial charge in [0, 0.05) is 12.6 Å². The zero-order valence-corrected chi connectivity index (χ0v) is 11.6. The zero-order chi connectivity index (χ0) is 12.0. The summed E-state index contributed by atoms with van der Waals surface area (Å²) in [5.41, 5.74) is 0. The van der Waals surface area contributed by atoms with Crippen LogP contribution in [0.2, 0.25) is 0 Å². The van der Waals surface area contributed by atoms with E-state index in [-0.39, 0.29) is 0 Å². The number of hydrogen-bond donors (Lipinski definition) is 1. The molecule has 0 aromatic rings. The van der Waals surface area contributed by atoms with Gasteiger partial charge in [-0.25, -0.2) is 0 Å². The minimum atomic E-state index is 0.756. The molecule has 0 spiro atoms. The van der Waals surface area contributed by atoms with Crippen LogP contribution in [0.3, 0.4) is 0 Å². The topological polar surface area (TPSA) is 15.3 Å². The molecule has 1 unspecified atom stereocenters. The van der Waals surface area contributed by atoms with Gasteiger partial charge in [0.05, 0.1) is 0 Å². The maximum atomic E-state index is 3.60. The lowest BCUT2D eigenvalue weighted by atomic mass is 9.97. The van der Waals surface area contributed by atoms with Gasteiger partial charge in [0.1, 0.15) is 0 Å². The minimum Gasteiger partial charge on any atom is -0.315 e. The largest absolute Gasteiger partial charge is 0.315 e. The van der Waals surface area contributed by atoms with Crippen LogP contribution in [0.25, 0.3) is 0 Å². The number of hydrogen-bond acceptors (Lipinski definition) is 2. The summed E-state index contributed by atoms with van der Waals surface area (Å²) >= 11 is 0. The summed E-state index contributed by atoms with van der Waals surface area (Å²) in [6.45, 7) is 14.2. The first-order valence-electron chi connectivity index (χ1n) is 7.08. The highest BCUT2D eigenvalue weighted by Crippen LogP contribution is 2.18. The summed E-state index contributed by atoms with van der Waals surface area (Å²) in [6.07, 6.45) is 4.06. The van der Waals surface area contributed by atoms with Gasteiger partial charge in [-0.1, -0.05) is 27.7 Å². The third-order valence-electron chi connectivity index (χ3n) is 3.74. The summed E-state index contributed by atoms with van der Waals surface area (Å²) in [7, 11) is 0. The van der Waals surface area contributed by atoms with Crippen LogP contribution in [-0.4, -0.2) is 37.1 Å². The van der Waals surface area contributed by atoms with E-state index in [1.807, 2.05) is 0 Å². The van der Waals surface area contributed by atoms with Crippen LogP contribution >= 0.6 is 0 Å². The van der Waals surface area contributed by atoms with Gasteiger partial charge < -0.3 is 5.32 Å². The highest BCUT2D eigenvalue weighted by molar-refractivity contribution is 4.78. The second kappa shape index (κ2) is 7.29. The van der Waals surface area contributed by atoms with E-state index in [9.17, 15) is 0 Å². The lowest BCUT2D eigenvalue weighted by molar-refractivity contribution is 0.132. The molecule has 0 amide bonds. The molecule has 1 N–H and O–H groups in total. The van der Waals surface area contributed by atoms with Crippen molar-refractivity contribution in [1.82, 2.24) is 10.2 Å². The normalized spacial score (nSPS) is 21.6. The van der Waals surface area contributed by atoms with E-state index in [1.54, 1.807) is 0 Å². The molecule has 16 heavy (non-hydrogen) atoms. The van der Waals surface area contributed by atoms with Crippen molar-refractivity contribution in [3.8, 4) is 0 Å². The molecule has 0 aromatic heterocycles. The first-order valence-corrected chi connectivity index (χ1v) is 7.08. The highest BCUT2D eigenvalue weighted by Gasteiger charge is 2.21. The Bertz CT molecular complexity index is 172. The lowest BCUT2D eigenvalue weighted by Crippen LogP contribution is -2.46. The molecule has 0 bridgehead atoms. The Morgan fingerprint density at radius 2 is 1.81 bits per heavy atom. The third-order valence-corrected chi connectivity index (χ3v) is 3.74. The number of nitrogens with zero attached hydrogens (tertiary/aromatic N) is 1. The monoisotopic (exact) mass is 226 g/mol. The molecule has 0 saturated carbocycles. The molecule has 1 aliphatic heterocycles. The van der Waals surface area contributed by atoms with Crippen molar-refractivity contribution in [1.29, 1.82) is 0 Å².